The first-order valence-corrected chi connectivity index (χ1v) is 21.2. The summed E-state index contributed by atoms with van der Waals surface area (Å²) in [5.41, 5.74) is 0.0278. The fourth-order valence-electron chi connectivity index (χ4n) is 7.93. The predicted molar refractivity (Wildman–Crippen MR) is 226 cm³/mol. The molecule has 0 bridgehead atoms. The van der Waals surface area contributed by atoms with Crippen molar-refractivity contribution in [3.8, 4) is 0 Å². The van der Waals surface area contributed by atoms with E-state index >= 15 is 0 Å². The molecule has 13 nitrogen and oxygen atoms in total. The summed E-state index contributed by atoms with van der Waals surface area (Å²) in [6, 6.07) is 7.54. The van der Waals surface area contributed by atoms with Gasteiger partial charge in [-0.25, -0.2) is 14.4 Å². The largest absolute Gasteiger partial charge is 0.461 e. The summed E-state index contributed by atoms with van der Waals surface area (Å²) in [6.07, 6.45) is 6.13. The molecule has 4 amide bonds. The fraction of sp³-hybridized carbons (Fsp3) is 0.711. The molecule has 1 aromatic carbocycles. The molecule has 0 aromatic heterocycles. The van der Waals surface area contributed by atoms with Crippen LogP contribution in [0.3, 0.4) is 0 Å². The van der Waals surface area contributed by atoms with Crippen LogP contribution in [0.1, 0.15) is 127 Å². The van der Waals surface area contributed by atoms with Crippen molar-refractivity contribution in [2.75, 3.05) is 20.1 Å². The summed E-state index contributed by atoms with van der Waals surface area (Å²) in [6.45, 7) is 22.2. The summed E-state index contributed by atoms with van der Waals surface area (Å²) in [7, 11) is 2.09. The molecule has 0 unspecified atom stereocenters. The number of nitrogens with zero attached hydrogens (tertiary/aromatic N) is 2. The average molecular weight is 812 g/mol. The van der Waals surface area contributed by atoms with E-state index in [0.29, 0.717) is 51.5 Å². The van der Waals surface area contributed by atoms with Gasteiger partial charge in [0.1, 0.15) is 23.8 Å². The molecule has 0 radical (unpaired) electrons. The maximum Gasteiger partial charge on any atom is 0.408 e. The van der Waals surface area contributed by atoms with E-state index in [1.54, 1.807) is 39.5 Å². The van der Waals surface area contributed by atoms with Gasteiger partial charge in [-0.2, -0.15) is 0 Å². The van der Waals surface area contributed by atoms with E-state index in [1.165, 1.54) is 0 Å². The number of carbonyl (C=O) groups is 5. The van der Waals surface area contributed by atoms with Gasteiger partial charge in [0.25, 0.3) is 0 Å². The highest BCUT2D eigenvalue weighted by Gasteiger charge is 2.44. The molecule has 13 heteroatoms. The highest BCUT2D eigenvalue weighted by atomic mass is 16.6. The number of hydrogen-bond donors (Lipinski definition) is 3. The van der Waals surface area contributed by atoms with Crippen molar-refractivity contribution in [3.63, 3.8) is 0 Å². The topological polar surface area (TPSA) is 156 Å². The summed E-state index contributed by atoms with van der Waals surface area (Å²) in [5, 5.41) is 8.65. The van der Waals surface area contributed by atoms with Gasteiger partial charge >= 0.3 is 18.2 Å². The molecule has 0 saturated carbocycles. The van der Waals surface area contributed by atoms with Crippen LogP contribution in [0, 0.1) is 11.8 Å². The molecule has 3 N–H and O–H groups in total. The van der Waals surface area contributed by atoms with Crippen LogP contribution in [0.5, 0.6) is 0 Å². The zero-order chi connectivity index (χ0) is 43.4. The Kier molecular flexibility index (Phi) is 17.7. The minimum atomic E-state index is -0.975. The quantitative estimate of drug-likeness (QED) is 0.0658. The lowest BCUT2D eigenvalue weighted by molar-refractivity contribution is -0.152. The van der Waals surface area contributed by atoms with Crippen LogP contribution in [-0.4, -0.2) is 107 Å². The molecule has 3 rings (SSSR count). The van der Waals surface area contributed by atoms with Crippen LogP contribution >= 0.6 is 0 Å². The number of likely N-dealkylation sites (tertiary alicyclic amines) is 2. The second-order valence-corrected chi connectivity index (χ2v) is 19.0. The third-order valence-electron chi connectivity index (χ3n) is 10.9. The molecule has 2 aliphatic rings. The van der Waals surface area contributed by atoms with Crippen LogP contribution in [0.15, 0.2) is 42.5 Å². The Balaban J connectivity index is 1.71. The minimum absolute atomic E-state index is 0.134. The maximum atomic E-state index is 14.4. The Morgan fingerprint density at radius 2 is 1.55 bits per heavy atom. The summed E-state index contributed by atoms with van der Waals surface area (Å²) >= 11 is 0. The Hall–Kier alpha value is -4.13. The lowest BCUT2D eigenvalue weighted by atomic mass is 9.79. The zero-order valence-electron chi connectivity index (χ0n) is 37.3. The van der Waals surface area contributed by atoms with Crippen LogP contribution in [0.2, 0.25) is 0 Å². The average Bonchev–Trinajstić information content (AvgIpc) is 3.59. The number of nitrogens with one attached hydrogen (secondary N) is 3. The molecule has 2 fully saturated rings. The van der Waals surface area contributed by atoms with E-state index in [0.717, 1.165) is 5.56 Å². The van der Waals surface area contributed by atoms with Crippen LogP contribution < -0.4 is 16.0 Å². The number of piperidine rings is 1. The predicted octanol–water partition coefficient (Wildman–Crippen LogP) is 6.93. The second-order valence-electron chi connectivity index (χ2n) is 19.0. The lowest BCUT2D eigenvalue weighted by Gasteiger charge is -2.53. The summed E-state index contributed by atoms with van der Waals surface area (Å²) in [4.78, 5) is 71.1. The van der Waals surface area contributed by atoms with Crippen molar-refractivity contribution in [1.29, 1.82) is 0 Å². The van der Waals surface area contributed by atoms with Gasteiger partial charge in [0, 0.05) is 37.0 Å². The Morgan fingerprint density at radius 1 is 0.914 bits per heavy atom. The normalized spacial score (nSPS) is 20.0. The first-order valence-electron chi connectivity index (χ1n) is 21.2. The molecular weight excluding hydrogens is 739 g/mol. The number of benzene rings is 1. The highest BCUT2D eigenvalue weighted by molar-refractivity contribution is 5.92. The molecule has 326 valence electrons. The lowest BCUT2D eigenvalue weighted by Crippen LogP contribution is -2.60. The van der Waals surface area contributed by atoms with Gasteiger partial charge in [-0.3, -0.25) is 14.5 Å². The third-order valence-corrected chi connectivity index (χ3v) is 10.9. The van der Waals surface area contributed by atoms with Crippen molar-refractivity contribution in [2.24, 2.45) is 11.8 Å². The molecule has 58 heavy (non-hydrogen) atoms. The molecule has 2 saturated heterocycles. The number of carbonyl (C=O) groups excluding carboxylic acids is 5. The van der Waals surface area contributed by atoms with Crippen LogP contribution in [-0.2, 0) is 35.0 Å². The SMILES string of the molecule is CC(C)C[C@@H](/C=C/[C@H](Cc1ccccc1)C(=O)N1CCC[C@H]1C(=O)N[C@@H](CCCNC(=O)OC1CC(C)(C)N(C)C(C)(C)C1)C(=O)OC(C)C)NC(=O)OC(C)(C)C. The Labute approximate surface area is 347 Å². The van der Waals surface area contributed by atoms with Gasteiger partial charge in [-0.05, 0) is 119 Å². The molecule has 2 heterocycles. The van der Waals surface area contributed by atoms with Gasteiger partial charge in [0.15, 0.2) is 0 Å². The van der Waals surface area contributed by atoms with E-state index in [-0.39, 0.29) is 48.0 Å². The van der Waals surface area contributed by atoms with Crippen molar-refractivity contribution in [3.05, 3.63) is 48.0 Å². The van der Waals surface area contributed by atoms with E-state index in [4.69, 9.17) is 14.2 Å². The zero-order valence-corrected chi connectivity index (χ0v) is 37.3. The van der Waals surface area contributed by atoms with Crippen molar-refractivity contribution < 1.29 is 38.2 Å². The summed E-state index contributed by atoms with van der Waals surface area (Å²) in [5.74, 6) is -1.58. The second kappa shape index (κ2) is 21.2. The van der Waals surface area contributed by atoms with E-state index < -0.39 is 53.8 Å². The number of alkyl carbamates (subject to hydrolysis) is 2. The maximum absolute atomic E-state index is 14.4. The molecule has 1 aromatic rings. The van der Waals surface area contributed by atoms with Gasteiger partial charge < -0.3 is 35.1 Å². The standard InChI is InChI=1S/C45H73N5O8/c1-30(2)26-34(47-42(55)58-43(5,6)7)23-22-33(27-32-18-14-13-15-19-32)39(52)50-25-17-21-37(50)38(51)48-36(40(53)56-31(3)4)20-16-24-46-41(54)57-35-28-44(8,9)49(12)45(10,11)29-35/h13-15,18-19,22-23,30-31,33-37H,16-17,20-21,24-29H2,1-12H3,(H,46,54)(H,47,55)(H,48,51)/b23-22+/t33-,34-,36+,37+/m1/s1. The third kappa shape index (κ3) is 15.6. The minimum Gasteiger partial charge on any atom is -0.461 e. The number of ether oxygens (including phenoxy) is 3. The van der Waals surface area contributed by atoms with Gasteiger partial charge in [0.2, 0.25) is 11.8 Å². The van der Waals surface area contributed by atoms with E-state index in [2.05, 4.69) is 69.4 Å². The smallest absolute Gasteiger partial charge is 0.408 e. The van der Waals surface area contributed by atoms with Gasteiger partial charge in [-0.1, -0.05) is 56.3 Å². The Bertz CT molecular complexity index is 1540. The first kappa shape index (κ1) is 48.2. The highest BCUT2D eigenvalue weighted by Crippen LogP contribution is 2.38. The number of esters is 1. The Morgan fingerprint density at radius 3 is 2.14 bits per heavy atom. The summed E-state index contributed by atoms with van der Waals surface area (Å²) < 4.78 is 16.9. The number of amides is 4. The van der Waals surface area contributed by atoms with Gasteiger partial charge in [0.05, 0.1) is 18.1 Å². The van der Waals surface area contributed by atoms with Crippen LogP contribution in [0.25, 0.3) is 0 Å². The molecular formula is C45H73N5O8. The van der Waals surface area contributed by atoms with Crippen LogP contribution in [0.4, 0.5) is 9.59 Å². The molecule has 2 aliphatic heterocycles. The van der Waals surface area contributed by atoms with Gasteiger partial charge in [-0.15, -0.1) is 0 Å². The molecule has 4 atom stereocenters. The van der Waals surface area contributed by atoms with Crippen molar-refractivity contribution in [1.82, 2.24) is 25.8 Å². The number of rotatable bonds is 17. The monoisotopic (exact) mass is 812 g/mol. The molecule has 0 aliphatic carbocycles. The molecule has 0 spiro atoms. The van der Waals surface area contributed by atoms with E-state index in [9.17, 15) is 24.0 Å². The number of hydrogen-bond acceptors (Lipinski definition) is 9. The van der Waals surface area contributed by atoms with Crippen molar-refractivity contribution >= 4 is 30.0 Å². The van der Waals surface area contributed by atoms with E-state index in [1.807, 2.05) is 42.5 Å². The fourth-order valence-corrected chi connectivity index (χ4v) is 7.93. The first-order chi connectivity index (χ1) is 27.0. The van der Waals surface area contributed by atoms with Crippen molar-refractivity contribution in [2.45, 2.75) is 175 Å².